The van der Waals surface area contributed by atoms with Crippen molar-refractivity contribution in [3.63, 3.8) is 0 Å². The van der Waals surface area contributed by atoms with Crippen LogP contribution in [0, 0.1) is 0 Å². The molecule has 86 valence electrons. The maximum atomic E-state index is 11.7. The highest BCUT2D eigenvalue weighted by Gasteiger charge is 2.26. The van der Waals surface area contributed by atoms with Crippen molar-refractivity contribution >= 4 is 0 Å². The van der Waals surface area contributed by atoms with E-state index in [0.29, 0.717) is 13.2 Å². The molecule has 0 aromatic rings. The second-order valence-corrected chi connectivity index (χ2v) is 2.88. The number of halogens is 3. The van der Waals surface area contributed by atoms with E-state index in [1.807, 2.05) is 0 Å². The summed E-state index contributed by atoms with van der Waals surface area (Å²) in [6, 6.07) is 0. The minimum atomic E-state index is -4.10. The Labute approximate surface area is 81.6 Å². The molecule has 0 aromatic heterocycles. The van der Waals surface area contributed by atoms with E-state index in [2.05, 4.69) is 5.32 Å². The molecule has 0 amide bonds. The van der Waals surface area contributed by atoms with Crippen LogP contribution >= 0.6 is 0 Å². The van der Waals surface area contributed by atoms with Crippen LogP contribution in [0.5, 0.6) is 0 Å². The summed E-state index contributed by atoms with van der Waals surface area (Å²) in [5.41, 5.74) is 0. The quantitative estimate of drug-likeness (QED) is 0.647. The Kier molecular flexibility index (Phi) is 6.86. The lowest BCUT2D eigenvalue weighted by atomic mass is 10.3. The molecular weight excluding hydrogens is 199 g/mol. The van der Waals surface area contributed by atoms with Crippen LogP contribution in [-0.2, 0) is 9.47 Å². The lowest BCUT2D eigenvalue weighted by molar-refractivity contribution is -0.133. The van der Waals surface area contributed by atoms with E-state index in [4.69, 9.17) is 9.47 Å². The van der Waals surface area contributed by atoms with Crippen LogP contribution in [0.3, 0.4) is 0 Å². The standard InChI is InChI=1S/C8H16F3NO2/c1-13-6-7(14-2)5-12-4-3-8(9,10)11/h7,12H,3-6H2,1-2H3. The molecule has 3 nitrogen and oxygen atoms in total. The minimum Gasteiger partial charge on any atom is -0.382 e. The molecule has 0 spiro atoms. The molecule has 1 N–H and O–H groups in total. The van der Waals surface area contributed by atoms with Gasteiger partial charge < -0.3 is 14.8 Å². The molecule has 0 rings (SSSR count). The van der Waals surface area contributed by atoms with Gasteiger partial charge in [0, 0.05) is 27.3 Å². The first-order chi connectivity index (χ1) is 6.49. The van der Waals surface area contributed by atoms with Crippen molar-refractivity contribution in [2.45, 2.75) is 18.7 Å². The first-order valence-electron chi connectivity index (χ1n) is 4.28. The summed E-state index contributed by atoms with van der Waals surface area (Å²) < 4.78 is 44.9. The van der Waals surface area contributed by atoms with E-state index in [1.165, 1.54) is 14.2 Å². The van der Waals surface area contributed by atoms with Crippen LogP contribution in [0.4, 0.5) is 13.2 Å². The van der Waals surface area contributed by atoms with Crippen LogP contribution in [0.25, 0.3) is 0 Å². The lowest BCUT2D eigenvalue weighted by Crippen LogP contribution is -2.33. The summed E-state index contributed by atoms with van der Waals surface area (Å²) in [5.74, 6) is 0. The molecule has 0 heterocycles. The number of nitrogens with one attached hydrogen (secondary N) is 1. The summed E-state index contributed by atoms with van der Waals surface area (Å²) >= 11 is 0. The van der Waals surface area contributed by atoms with Crippen molar-refractivity contribution in [1.82, 2.24) is 5.32 Å². The van der Waals surface area contributed by atoms with Crippen molar-refractivity contribution in [3.8, 4) is 0 Å². The highest BCUT2D eigenvalue weighted by Crippen LogP contribution is 2.17. The van der Waals surface area contributed by atoms with Crippen molar-refractivity contribution in [3.05, 3.63) is 0 Å². The smallest absolute Gasteiger partial charge is 0.382 e. The molecule has 1 unspecified atom stereocenters. The minimum absolute atomic E-state index is 0.0902. The SMILES string of the molecule is COCC(CNCCC(F)(F)F)OC. The van der Waals surface area contributed by atoms with Gasteiger partial charge in [-0.05, 0) is 0 Å². The first kappa shape index (κ1) is 13.7. The number of hydrogen-bond acceptors (Lipinski definition) is 3. The largest absolute Gasteiger partial charge is 0.390 e. The summed E-state index contributed by atoms with van der Waals surface area (Å²) in [7, 11) is 3.01. The van der Waals surface area contributed by atoms with Crippen LogP contribution < -0.4 is 5.32 Å². The third-order valence-electron chi connectivity index (χ3n) is 1.64. The second-order valence-electron chi connectivity index (χ2n) is 2.88. The van der Waals surface area contributed by atoms with Gasteiger partial charge in [-0.3, -0.25) is 0 Å². The molecule has 0 bridgehead atoms. The molecule has 0 fully saturated rings. The first-order valence-corrected chi connectivity index (χ1v) is 4.28. The third kappa shape index (κ3) is 8.28. The van der Waals surface area contributed by atoms with Gasteiger partial charge in [0.25, 0.3) is 0 Å². The van der Waals surface area contributed by atoms with E-state index >= 15 is 0 Å². The molecule has 0 aliphatic heterocycles. The average molecular weight is 215 g/mol. The molecule has 0 saturated carbocycles. The van der Waals surface area contributed by atoms with Gasteiger partial charge in [0.1, 0.15) is 0 Å². The molecule has 0 radical (unpaired) electrons. The molecular formula is C8H16F3NO2. The maximum absolute atomic E-state index is 11.7. The van der Waals surface area contributed by atoms with E-state index in [9.17, 15) is 13.2 Å². The van der Waals surface area contributed by atoms with Crippen LogP contribution in [0.2, 0.25) is 0 Å². The number of alkyl halides is 3. The predicted octanol–water partition coefficient (Wildman–Crippen LogP) is 1.19. The van der Waals surface area contributed by atoms with Crippen molar-refractivity contribution in [2.75, 3.05) is 33.9 Å². The summed E-state index contributed by atoms with van der Waals surface area (Å²) in [6.07, 6.45) is -5.12. The summed E-state index contributed by atoms with van der Waals surface area (Å²) in [4.78, 5) is 0. The monoisotopic (exact) mass is 215 g/mol. The van der Waals surface area contributed by atoms with Gasteiger partial charge in [0.05, 0.1) is 19.1 Å². The van der Waals surface area contributed by atoms with Gasteiger partial charge in [-0.25, -0.2) is 0 Å². The van der Waals surface area contributed by atoms with Crippen molar-refractivity contribution < 1.29 is 22.6 Å². The van der Waals surface area contributed by atoms with Gasteiger partial charge in [0.15, 0.2) is 0 Å². The molecule has 0 aliphatic carbocycles. The lowest BCUT2D eigenvalue weighted by Gasteiger charge is -2.15. The zero-order valence-electron chi connectivity index (χ0n) is 8.36. The molecule has 1 atom stereocenters. The highest BCUT2D eigenvalue weighted by atomic mass is 19.4. The third-order valence-corrected chi connectivity index (χ3v) is 1.64. The Morgan fingerprint density at radius 2 is 1.93 bits per heavy atom. The zero-order valence-corrected chi connectivity index (χ0v) is 8.36. The van der Waals surface area contributed by atoms with Gasteiger partial charge in [-0.15, -0.1) is 0 Å². The van der Waals surface area contributed by atoms with E-state index < -0.39 is 12.6 Å². The fourth-order valence-corrected chi connectivity index (χ4v) is 0.889. The maximum Gasteiger partial charge on any atom is 0.390 e. The Morgan fingerprint density at radius 3 is 2.36 bits per heavy atom. The van der Waals surface area contributed by atoms with Gasteiger partial charge >= 0.3 is 6.18 Å². The fourth-order valence-electron chi connectivity index (χ4n) is 0.889. The Morgan fingerprint density at radius 1 is 1.29 bits per heavy atom. The number of methoxy groups -OCH3 is 2. The van der Waals surface area contributed by atoms with Crippen molar-refractivity contribution in [2.24, 2.45) is 0 Å². The number of ether oxygens (including phenoxy) is 2. The molecule has 14 heavy (non-hydrogen) atoms. The van der Waals surface area contributed by atoms with E-state index in [0.717, 1.165) is 0 Å². The predicted molar refractivity (Wildman–Crippen MR) is 46.2 cm³/mol. The van der Waals surface area contributed by atoms with E-state index in [-0.39, 0.29) is 12.6 Å². The van der Waals surface area contributed by atoms with E-state index in [1.54, 1.807) is 0 Å². The van der Waals surface area contributed by atoms with Gasteiger partial charge in [-0.2, -0.15) is 13.2 Å². The van der Waals surface area contributed by atoms with Gasteiger partial charge in [0.2, 0.25) is 0 Å². The highest BCUT2D eigenvalue weighted by molar-refractivity contribution is 4.61. The molecule has 0 saturated heterocycles. The Bertz CT molecular complexity index is 141. The Hall–Kier alpha value is -0.330. The Balaban J connectivity index is 3.42. The number of rotatable bonds is 7. The zero-order chi connectivity index (χ0) is 11.0. The fraction of sp³-hybridized carbons (Fsp3) is 1.00. The van der Waals surface area contributed by atoms with Gasteiger partial charge in [-0.1, -0.05) is 0 Å². The molecule has 0 aliphatic rings. The molecule has 0 aromatic carbocycles. The normalized spacial score (nSPS) is 14.4. The van der Waals surface area contributed by atoms with Crippen molar-refractivity contribution in [1.29, 1.82) is 0 Å². The molecule has 6 heteroatoms. The summed E-state index contributed by atoms with van der Waals surface area (Å²) in [6.45, 7) is 0.642. The summed E-state index contributed by atoms with van der Waals surface area (Å²) in [5, 5.41) is 2.65. The topological polar surface area (TPSA) is 30.5 Å². The number of hydrogen-bond donors (Lipinski definition) is 1. The average Bonchev–Trinajstić information content (AvgIpc) is 2.08. The van der Waals surface area contributed by atoms with Crippen LogP contribution in [0.1, 0.15) is 6.42 Å². The van der Waals surface area contributed by atoms with Crippen LogP contribution in [-0.4, -0.2) is 46.2 Å². The second kappa shape index (κ2) is 7.03. The van der Waals surface area contributed by atoms with Crippen LogP contribution in [0.15, 0.2) is 0 Å².